The third-order valence-corrected chi connectivity index (χ3v) is 3.70. The lowest BCUT2D eigenvalue weighted by Gasteiger charge is -2.24. The fourth-order valence-corrected chi connectivity index (χ4v) is 2.53. The summed E-state index contributed by atoms with van der Waals surface area (Å²) in [5, 5.41) is 0. The maximum absolute atomic E-state index is 6.36. The van der Waals surface area contributed by atoms with E-state index < -0.39 is 0 Å². The molecule has 1 saturated carbocycles. The molecule has 0 saturated heterocycles. The fraction of sp³-hybridized carbons (Fsp3) is 1.00. The second-order valence-electron chi connectivity index (χ2n) is 5.09. The van der Waals surface area contributed by atoms with Crippen LogP contribution in [0, 0.1) is 5.92 Å². The first-order chi connectivity index (χ1) is 7.70. The lowest BCUT2D eigenvalue weighted by molar-refractivity contribution is 0.0900. The van der Waals surface area contributed by atoms with E-state index in [1.54, 1.807) is 7.11 Å². The molecule has 0 bridgehead atoms. The summed E-state index contributed by atoms with van der Waals surface area (Å²) in [6, 6.07) is 0. The van der Waals surface area contributed by atoms with Crippen molar-refractivity contribution in [1.82, 2.24) is 0 Å². The van der Waals surface area contributed by atoms with Gasteiger partial charge in [0.15, 0.2) is 0 Å². The second-order valence-corrected chi connectivity index (χ2v) is 5.09. The highest BCUT2D eigenvalue weighted by Gasteiger charge is 2.34. The van der Waals surface area contributed by atoms with Gasteiger partial charge in [0, 0.05) is 32.5 Å². The average molecular weight is 229 g/mol. The molecule has 2 unspecified atom stereocenters. The molecule has 0 aliphatic heterocycles. The largest absolute Gasteiger partial charge is 0.385 e. The minimum atomic E-state index is 0.0575. The summed E-state index contributed by atoms with van der Waals surface area (Å²) in [5.41, 5.74) is 6.42. The zero-order valence-corrected chi connectivity index (χ0v) is 10.8. The average Bonchev–Trinajstić information content (AvgIpc) is 2.66. The van der Waals surface area contributed by atoms with Crippen molar-refractivity contribution in [1.29, 1.82) is 0 Å². The highest BCUT2D eigenvalue weighted by atomic mass is 16.5. The van der Waals surface area contributed by atoms with Gasteiger partial charge in [0.2, 0.25) is 0 Å². The summed E-state index contributed by atoms with van der Waals surface area (Å²) in [6.45, 7) is 4.64. The maximum atomic E-state index is 6.36. The summed E-state index contributed by atoms with van der Waals surface area (Å²) < 4.78 is 10.5. The maximum Gasteiger partial charge on any atom is 0.0487 e. The Morgan fingerprint density at radius 2 is 2.12 bits per heavy atom. The Hall–Kier alpha value is -0.120. The number of nitrogens with two attached hydrogens (primary N) is 1. The van der Waals surface area contributed by atoms with Crippen LogP contribution in [0.1, 0.15) is 45.4 Å². The third-order valence-electron chi connectivity index (χ3n) is 3.70. The van der Waals surface area contributed by atoms with Crippen LogP contribution in [0.4, 0.5) is 0 Å². The lowest BCUT2D eigenvalue weighted by atomic mass is 9.93. The van der Waals surface area contributed by atoms with E-state index in [1.165, 1.54) is 25.7 Å². The molecule has 2 N–H and O–H groups in total. The van der Waals surface area contributed by atoms with E-state index >= 15 is 0 Å². The van der Waals surface area contributed by atoms with Gasteiger partial charge in [0.1, 0.15) is 0 Å². The summed E-state index contributed by atoms with van der Waals surface area (Å²) >= 11 is 0. The predicted molar refractivity (Wildman–Crippen MR) is 66.5 cm³/mol. The van der Waals surface area contributed by atoms with E-state index in [4.69, 9.17) is 15.2 Å². The van der Waals surface area contributed by atoms with Gasteiger partial charge in [-0.2, -0.15) is 0 Å². The van der Waals surface area contributed by atoms with Gasteiger partial charge < -0.3 is 15.2 Å². The van der Waals surface area contributed by atoms with Gasteiger partial charge in [-0.25, -0.2) is 0 Å². The third kappa shape index (κ3) is 4.81. The van der Waals surface area contributed by atoms with E-state index in [2.05, 4.69) is 6.92 Å². The molecule has 0 aromatic carbocycles. The van der Waals surface area contributed by atoms with Crippen LogP contribution in [0.5, 0.6) is 0 Å². The molecule has 1 fully saturated rings. The molecule has 1 aliphatic carbocycles. The lowest BCUT2D eigenvalue weighted by Crippen LogP contribution is -2.38. The molecule has 3 nitrogen and oxygen atoms in total. The van der Waals surface area contributed by atoms with E-state index in [9.17, 15) is 0 Å². The summed E-state index contributed by atoms with van der Waals surface area (Å²) in [4.78, 5) is 0. The van der Waals surface area contributed by atoms with Crippen LogP contribution in [0.3, 0.4) is 0 Å². The van der Waals surface area contributed by atoms with Gasteiger partial charge in [0.05, 0.1) is 0 Å². The Morgan fingerprint density at radius 3 is 2.75 bits per heavy atom. The standard InChI is InChI=1S/C13H27NO2/c1-3-12-5-6-13(14,11-12)7-10-16-9-4-8-15-2/h12H,3-11,14H2,1-2H3. The van der Waals surface area contributed by atoms with E-state index in [0.717, 1.165) is 38.6 Å². The predicted octanol–water partition coefficient (Wildman–Crippen LogP) is 2.34. The minimum absolute atomic E-state index is 0.0575. The van der Waals surface area contributed by atoms with Gasteiger partial charge >= 0.3 is 0 Å². The molecule has 1 aliphatic rings. The van der Waals surface area contributed by atoms with Crippen LogP contribution in [0.15, 0.2) is 0 Å². The van der Waals surface area contributed by atoms with Gasteiger partial charge in [-0.3, -0.25) is 0 Å². The first-order valence-corrected chi connectivity index (χ1v) is 6.56. The summed E-state index contributed by atoms with van der Waals surface area (Å²) in [6.07, 6.45) is 6.92. The second kappa shape index (κ2) is 7.25. The topological polar surface area (TPSA) is 44.5 Å². The fourth-order valence-electron chi connectivity index (χ4n) is 2.53. The van der Waals surface area contributed by atoms with Crippen molar-refractivity contribution in [2.45, 2.75) is 51.0 Å². The molecule has 0 radical (unpaired) electrons. The summed E-state index contributed by atoms with van der Waals surface area (Å²) in [5.74, 6) is 0.846. The highest BCUT2D eigenvalue weighted by Crippen LogP contribution is 2.36. The minimum Gasteiger partial charge on any atom is -0.385 e. The Morgan fingerprint density at radius 1 is 1.31 bits per heavy atom. The summed E-state index contributed by atoms with van der Waals surface area (Å²) in [7, 11) is 1.72. The first kappa shape index (κ1) is 13.9. The van der Waals surface area contributed by atoms with Gasteiger partial charge in [-0.1, -0.05) is 13.3 Å². The first-order valence-electron chi connectivity index (χ1n) is 6.56. The Balaban J connectivity index is 2.04. The molecular weight excluding hydrogens is 202 g/mol. The van der Waals surface area contributed by atoms with Crippen LogP contribution in [0.25, 0.3) is 0 Å². The quantitative estimate of drug-likeness (QED) is 0.650. The number of hydrogen-bond donors (Lipinski definition) is 1. The molecule has 3 heteroatoms. The molecular formula is C13H27NO2. The highest BCUT2D eigenvalue weighted by molar-refractivity contribution is 4.92. The van der Waals surface area contributed by atoms with Gasteiger partial charge in [-0.05, 0) is 38.0 Å². The van der Waals surface area contributed by atoms with Crippen LogP contribution in [0.2, 0.25) is 0 Å². The molecule has 0 heterocycles. The molecule has 0 aromatic rings. The van der Waals surface area contributed by atoms with Crippen LogP contribution in [-0.2, 0) is 9.47 Å². The number of ether oxygens (including phenoxy) is 2. The Kier molecular flexibility index (Phi) is 6.32. The normalized spacial score (nSPS) is 29.8. The Labute approximate surface area is 99.7 Å². The van der Waals surface area contributed by atoms with E-state index in [0.29, 0.717) is 0 Å². The smallest absolute Gasteiger partial charge is 0.0487 e. The van der Waals surface area contributed by atoms with Crippen molar-refractivity contribution in [2.24, 2.45) is 11.7 Å². The van der Waals surface area contributed by atoms with Crippen LogP contribution in [-0.4, -0.2) is 32.5 Å². The van der Waals surface area contributed by atoms with Crippen LogP contribution >= 0.6 is 0 Å². The van der Waals surface area contributed by atoms with Crippen molar-refractivity contribution in [2.75, 3.05) is 26.9 Å². The van der Waals surface area contributed by atoms with Crippen LogP contribution < -0.4 is 5.73 Å². The Bertz CT molecular complexity index is 187. The van der Waals surface area contributed by atoms with Crippen molar-refractivity contribution < 1.29 is 9.47 Å². The van der Waals surface area contributed by atoms with E-state index in [1.807, 2.05) is 0 Å². The monoisotopic (exact) mass is 229 g/mol. The molecule has 16 heavy (non-hydrogen) atoms. The molecule has 1 rings (SSSR count). The van der Waals surface area contributed by atoms with Crippen molar-refractivity contribution in [3.05, 3.63) is 0 Å². The van der Waals surface area contributed by atoms with Crippen molar-refractivity contribution >= 4 is 0 Å². The van der Waals surface area contributed by atoms with Crippen molar-refractivity contribution in [3.63, 3.8) is 0 Å². The zero-order valence-electron chi connectivity index (χ0n) is 10.8. The number of hydrogen-bond acceptors (Lipinski definition) is 3. The molecule has 0 spiro atoms. The van der Waals surface area contributed by atoms with Gasteiger partial charge in [-0.15, -0.1) is 0 Å². The zero-order chi connectivity index (χ0) is 11.9. The van der Waals surface area contributed by atoms with Crippen molar-refractivity contribution in [3.8, 4) is 0 Å². The molecule has 0 aromatic heterocycles. The molecule has 96 valence electrons. The van der Waals surface area contributed by atoms with Gasteiger partial charge in [0.25, 0.3) is 0 Å². The van der Waals surface area contributed by atoms with E-state index in [-0.39, 0.29) is 5.54 Å². The number of methoxy groups -OCH3 is 1. The molecule has 0 amide bonds. The molecule has 2 atom stereocenters. The number of rotatable bonds is 8. The SMILES string of the molecule is CCC1CCC(N)(CCOCCCOC)C1.